The molecule has 0 spiro atoms. The molecule has 0 heterocycles. The lowest BCUT2D eigenvalue weighted by molar-refractivity contribution is 0.200. The second-order valence-corrected chi connectivity index (χ2v) is 9.29. The van der Waals surface area contributed by atoms with E-state index in [1.807, 2.05) is 24.3 Å². The number of ether oxygens (including phenoxy) is 1. The Morgan fingerprint density at radius 1 is 0.727 bits per heavy atom. The van der Waals surface area contributed by atoms with Crippen molar-refractivity contribution in [2.24, 2.45) is 5.92 Å². The molecular weight excluding hydrogens is 414 g/mol. The zero-order valence-electron chi connectivity index (χ0n) is 19.6. The molecule has 4 rings (SSSR count). The fourth-order valence-corrected chi connectivity index (χ4v) is 4.71. The normalized spacial score (nSPS) is 14.4. The monoisotopic (exact) mass is 448 g/mol. The van der Waals surface area contributed by atoms with Gasteiger partial charge in [0.05, 0.1) is 6.61 Å². The Morgan fingerprint density at radius 2 is 1.36 bits per heavy atom. The highest BCUT2D eigenvalue weighted by Crippen LogP contribution is 2.32. The summed E-state index contributed by atoms with van der Waals surface area (Å²) in [7, 11) is 0. The Labute approximate surface area is 196 Å². The second-order valence-electron chi connectivity index (χ2n) is 9.29. The van der Waals surface area contributed by atoms with Gasteiger partial charge in [0.2, 0.25) is 5.82 Å². The minimum Gasteiger partial charge on any atom is -0.490 e. The van der Waals surface area contributed by atoms with E-state index in [0.29, 0.717) is 18.1 Å². The van der Waals surface area contributed by atoms with Crippen LogP contribution in [0.15, 0.2) is 60.7 Å². The van der Waals surface area contributed by atoms with Crippen LogP contribution >= 0.6 is 0 Å². The van der Waals surface area contributed by atoms with Crippen molar-refractivity contribution < 1.29 is 13.5 Å². The van der Waals surface area contributed by atoms with Crippen LogP contribution in [-0.2, 0) is 6.42 Å². The number of rotatable bonds is 9. The first-order chi connectivity index (χ1) is 16.2. The van der Waals surface area contributed by atoms with Gasteiger partial charge >= 0.3 is 0 Å². The van der Waals surface area contributed by atoms with Crippen LogP contribution in [0.2, 0.25) is 0 Å². The zero-order chi connectivity index (χ0) is 23.0. The molecule has 0 bridgehead atoms. The molecule has 0 radical (unpaired) electrons. The lowest BCUT2D eigenvalue weighted by Gasteiger charge is -2.22. The van der Waals surface area contributed by atoms with E-state index in [2.05, 4.69) is 31.2 Å². The Balaban J connectivity index is 1.43. The highest BCUT2D eigenvalue weighted by molar-refractivity contribution is 5.71. The summed E-state index contributed by atoms with van der Waals surface area (Å²) in [5.41, 5.74) is 4.46. The van der Waals surface area contributed by atoms with Crippen LogP contribution in [0.5, 0.6) is 5.75 Å². The Bertz CT molecular complexity index is 1020. The van der Waals surface area contributed by atoms with E-state index in [9.17, 15) is 8.78 Å². The van der Waals surface area contributed by atoms with Crippen molar-refractivity contribution in [3.63, 3.8) is 0 Å². The molecule has 0 saturated heterocycles. The van der Waals surface area contributed by atoms with Crippen LogP contribution in [0.25, 0.3) is 22.3 Å². The van der Waals surface area contributed by atoms with Crippen molar-refractivity contribution in [1.29, 1.82) is 0 Å². The van der Waals surface area contributed by atoms with Gasteiger partial charge in [0, 0.05) is 5.56 Å². The fraction of sp³-hybridized carbons (Fsp3) is 0.400. The molecule has 3 aromatic rings. The van der Waals surface area contributed by atoms with Gasteiger partial charge in [-0.05, 0) is 66.0 Å². The first kappa shape index (κ1) is 23.5. The average molecular weight is 449 g/mol. The van der Waals surface area contributed by atoms with Crippen molar-refractivity contribution >= 4 is 0 Å². The maximum Gasteiger partial charge on any atom is 0.201 e. The van der Waals surface area contributed by atoms with E-state index in [-0.39, 0.29) is 11.3 Å². The van der Waals surface area contributed by atoms with Gasteiger partial charge in [-0.3, -0.25) is 0 Å². The molecule has 1 fully saturated rings. The van der Waals surface area contributed by atoms with E-state index in [1.165, 1.54) is 44.1 Å². The highest BCUT2D eigenvalue weighted by atomic mass is 19.2. The summed E-state index contributed by atoms with van der Waals surface area (Å²) < 4.78 is 35.2. The van der Waals surface area contributed by atoms with Gasteiger partial charge < -0.3 is 4.74 Å². The average Bonchev–Trinajstić information content (AvgIpc) is 2.86. The molecule has 0 aliphatic heterocycles. The van der Waals surface area contributed by atoms with Gasteiger partial charge in [0.15, 0.2) is 11.6 Å². The molecule has 0 N–H and O–H groups in total. The van der Waals surface area contributed by atoms with Crippen LogP contribution in [0.1, 0.15) is 63.9 Å². The zero-order valence-corrected chi connectivity index (χ0v) is 19.6. The molecule has 0 aromatic heterocycles. The Kier molecular flexibility index (Phi) is 8.15. The van der Waals surface area contributed by atoms with Crippen molar-refractivity contribution in [3.8, 4) is 28.0 Å². The van der Waals surface area contributed by atoms with E-state index >= 15 is 0 Å². The summed E-state index contributed by atoms with van der Waals surface area (Å²) in [6, 6.07) is 19.4. The van der Waals surface area contributed by atoms with Crippen LogP contribution in [-0.4, -0.2) is 6.61 Å². The van der Waals surface area contributed by atoms with Crippen molar-refractivity contribution in [2.75, 3.05) is 6.61 Å². The van der Waals surface area contributed by atoms with Gasteiger partial charge in [0.1, 0.15) is 0 Å². The molecule has 174 valence electrons. The number of aryl methyl sites for hydroxylation is 1. The van der Waals surface area contributed by atoms with Crippen LogP contribution in [0.3, 0.4) is 0 Å². The van der Waals surface area contributed by atoms with Crippen LogP contribution in [0.4, 0.5) is 8.78 Å². The molecule has 1 saturated carbocycles. The molecule has 3 heteroatoms. The maximum absolute atomic E-state index is 14.9. The third-order valence-corrected chi connectivity index (χ3v) is 6.80. The predicted molar refractivity (Wildman–Crippen MR) is 133 cm³/mol. The molecule has 1 aliphatic carbocycles. The van der Waals surface area contributed by atoms with E-state index in [4.69, 9.17) is 4.74 Å². The second kappa shape index (κ2) is 11.4. The minimum atomic E-state index is -0.897. The van der Waals surface area contributed by atoms with E-state index in [0.717, 1.165) is 30.4 Å². The van der Waals surface area contributed by atoms with Gasteiger partial charge in [-0.1, -0.05) is 87.6 Å². The summed E-state index contributed by atoms with van der Waals surface area (Å²) >= 11 is 0. The summed E-state index contributed by atoms with van der Waals surface area (Å²) in [5.74, 6) is -1.29. The largest absolute Gasteiger partial charge is 0.490 e. The van der Waals surface area contributed by atoms with Gasteiger partial charge in [-0.2, -0.15) is 4.39 Å². The lowest BCUT2D eigenvalue weighted by Crippen LogP contribution is -2.16. The Hall–Kier alpha value is -2.68. The number of unbranched alkanes of at least 4 members (excludes halogenated alkanes) is 2. The quantitative estimate of drug-likeness (QED) is 0.297. The molecule has 33 heavy (non-hydrogen) atoms. The highest BCUT2D eigenvalue weighted by Gasteiger charge is 2.19. The first-order valence-electron chi connectivity index (χ1n) is 12.5. The van der Waals surface area contributed by atoms with Crippen molar-refractivity contribution in [3.05, 3.63) is 77.9 Å². The standard InChI is InChI=1S/C30H34F2O/c1-2-3-5-8-22-11-13-24(14-12-22)25-15-17-26(18-16-25)27-19-20-28(30(32)29(27)31)33-21-23-9-6-4-7-10-23/h11-20,23H,2-10,21H2,1H3. The molecular formula is C30H34F2O. The van der Waals surface area contributed by atoms with Gasteiger partial charge in [0.25, 0.3) is 0 Å². The van der Waals surface area contributed by atoms with E-state index in [1.54, 1.807) is 12.1 Å². The van der Waals surface area contributed by atoms with Gasteiger partial charge in [-0.25, -0.2) is 4.39 Å². The number of hydrogen-bond donors (Lipinski definition) is 0. The molecule has 3 aromatic carbocycles. The predicted octanol–water partition coefficient (Wildman–Crippen LogP) is 8.99. The lowest BCUT2D eigenvalue weighted by atomic mass is 9.90. The van der Waals surface area contributed by atoms with Crippen LogP contribution < -0.4 is 4.74 Å². The number of benzene rings is 3. The summed E-state index contributed by atoms with van der Waals surface area (Å²) in [6.07, 6.45) is 10.7. The molecule has 0 atom stereocenters. The van der Waals surface area contributed by atoms with Crippen LogP contribution in [0, 0.1) is 17.6 Å². The smallest absolute Gasteiger partial charge is 0.201 e. The minimum absolute atomic E-state index is 0.0115. The SMILES string of the molecule is CCCCCc1ccc(-c2ccc(-c3ccc(OCC4CCCCC4)c(F)c3F)cc2)cc1. The third-order valence-electron chi connectivity index (χ3n) is 6.80. The number of hydrogen-bond acceptors (Lipinski definition) is 1. The summed E-state index contributed by atoms with van der Waals surface area (Å²) in [6.45, 7) is 2.68. The molecule has 1 nitrogen and oxygen atoms in total. The van der Waals surface area contributed by atoms with Crippen molar-refractivity contribution in [2.45, 2.75) is 64.7 Å². The maximum atomic E-state index is 14.9. The fourth-order valence-electron chi connectivity index (χ4n) is 4.71. The third kappa shape index (κ3) is 6.01. The van der Waals surface area contributed by atoms with Crippen molar-refractivity contribution in [1.82, 2.24) is 0 Å². The molecule has 0 amide bonds. The Morgan fingerprint density at radius 3 is 2.03 bits per heavy atom. The summed E-state index contributed by atoms with van der Waals surface area (Å²) in [4.78, 5) is 0. The first-order valence-corrected chi connectivity index (χ1v) is 12.5. The molecule has 0 unspecified atom stereocenters. The topological polar surface area (TPSA) is 9.23 Å². The van der Waals surface area contributed by atoms with E-state index < -0.39 is 11.6 Å². The molecule has 1 aliphatic rings. The number of halogens is 2. The summed E-state index contributed by atoms with van der Waals surface area (Å²) in [5, 5.41) is 0. The van der Waals surface area contributed by atoms with Gasteiger partial charge in [-0.15, -0.1) is 0 Å².